The molecule has 0 saturated carbocycles. The van der Waals surface area contributed by atoms with Crippen molar-refractivity contribution in [2.24, 2.45) is 0 Å². The first-order chi connectivity index (χ1) is 17.8. The van der Waals surface area contributed by atoms with Crippen LogP contribution in [0.5, 0.6) is 11.5 Å². The average molecular weight is 602 g/mol. The maximum Gasteiger partial charge on any atom is 0.293 e. The Hall–Kier alpha value is -3.27. The molecule has 4 rings (SSSR count). The highest BCUT2D eigenvalue weighted by Gasteiger charge is 2.34. The molecule has 0 aliphatic carbocycles. The van der Waals surface area contributed by atoms with Gasteiger partial charge in [-0.15, -0.1) is 0 Å². The van der Waals surface area contributed by atoms with Crippen molar-refractivity contribution >= 4 is 68.1 Å². The zero-order valence-electron chi connectivity index (χ0n) is 19.7. The van der Waals surface area contributed by atoms with E-state index in [0.717, 1.165) is 17.3 Å². The van der Waals surface area contributed by atoms with Crippen molar-refractivity contribution in [3.63, 3.8) is 0 Å². The minimum atomic E-state index is -0.363. The highest BCUT2D eigenvalue weighted by Crippen LogP contribution is 2.34. The van der Waals surface area contributed by atoms with Gasteiger partial charge in [0.1, 0.15) is 18.1 Å². The van der Waals surface area contributed by atoms with Crippen molar-refractivity contribution in [1.29, 1.82) is 0 Å². The molecule has 7 nitrogen and oxygen atoms in total. The molecule has 0 aromatic heterocycles. The van der Waals surface area contributed by atoms with Crippen LogP contribution in [0.3, 0.4) is 0 Å². The molecule has 0 radical (unpaired) electrons. The molecule has 1 heterocycles. The number of aryl methyl sites for hydroxylation is 1. The zero-order chi connectivity index (χ0) is 26.4. The molecule has 1 saturated heterocycles. The van der Waals surface area contributed by atoms with Crippen LogP contribution in [0.15, 0.2) is 76.1 Å². The Kier molecular flexibility index (Phi) is 8.91. The van der Waals surface area contributed by atoms with Crippen molar-refractivity contribution in [3.8, 4) is 11.5 Å². The van der Waals surface area contributed by atoms with Gasteiger partial charge in [-0.25, -0.2) is 0 Å². The minimum Gasteiger partial charge on any atom is -0.492 e. The van der Waals surface area contributed by atoms with Crippen molar-refractivity contribution in [3.05, 3.63) is 92.3 Å². The third kappa shape index (κ3) is 7.38. The molecular formula is C27H22BrClN2O5S. The molecule has 37 heavy (non-hydrogen) atoms. The van der Waals surface area contributed by atoms with E-state index in [4.69, 9.17) is 21.1 Å². The van der Waals surface area contributed by atoms with E-state index >= 15 is 0 Å². The molecule has 1 N–H and O–H groups in total. The lowest BCUT2D eigenvalue weighted by Crippen LogP contribution is -2.32. The number of amides is 3. The lowest BCUT2D eigenvalue weighted by molar-refractivity contribution is -0.123. The van der Waals surface area contributed by atoms with Crippen LogP contribution < -0.4 is 14.8 Å². The van der Waals surface area contributed by atoms with Crippen molar-refractivity contribution < 1.29 is 23.9 Å². The Balaban J connectivity index is 1.31. The average Bonchev–Trinajstić information content (AvgIpc) is 3.13. The zero-order valence-corrected chi connectivity index (χ0v) is 22.9. The van der Waals surface area contributed by atoms with Crippen LogP contribution in [0, 0.1) is 6.92 Å². The summed E-state index contributed by atoms with van der Waals surface area (Å²) >= 11 is 10.2. The Morgan fingerprint density at radius 2 is 1.78 bits per heavy atom. The van der Waals surface area contributed by atoms with E-state index in [1.54, 1.807) is 48.5 Å². The van der Waals surface area contributed by atoms with Gasteiger partial charge in [0.05, 0.1) is 15.9 Å². The molecule has 3 amide bonds. The number of hydrogen-bond acceptors (Lipinski definition) is 6. The number of nitrogens with one attached hydrogen (secondary N) is 1. The fourth-order valence-corrected chi connectivity index (χ4v) is 4.83. The highest BCUT2D eigenvalue weighted by atomic mass is 79.9. The largest absolute Gasteiger partial charge is 0.492 e. The summed E-state index contributed by atoms with van der Waals surface area (Å²) in [5.74, 6) is 0.462. The van der Waals surface area contributed by atoms with E-state index in [0.29, 0.717) is 37.2 Å². The van der Waals surface area contributed by atoms with E-state index in [2.05, 4.69) is 21.2 Å². The van der Waals surface area contributed by atoms with Crippen LogP contribution in [0.4, 0.5) is 10.5 Å². The smallest absolute Gasteiger partial charge is 0.293 e. The molecule has 0 atom stereocenters. The van der Waals surface area contributed by atoms with Gasteiger partial charge in [-0.3, -0.25) is 19.3 Å². The normalized spacial score (nSPS) is 14.2. The van der Waals surface area contributed by atoms with Gasteiger partial charge in [0.25, 0.3) is 17.1 Å². The molecule has 3 aromatic carbocycles. The number of carbonyl (C=O) groups excluding carboxylic acids is 3. The monoisotopic (exact) mass is 600 g/mol. The van der Waals surface area contributed by atoms with Gasteiger partial charge in [-0.2, -0.15) is 0 Å². The second-order valence-electron chi connectivity index (χ2n) is 8.03. The number of nitrogens with zero attached hydrogens (tertiary/aromatic N) is 1. The lowest BCUT2D eigenvalue weighted by Gasteiger charge is -2.13. The first-order valence-corrected chi connectivity index (χ1v) is 13.2. The van der Waals surface area contributed by atoms with E-state index in [1.165, 1.54) is 4.90 Å². The minimum absolute atomic E-state index is 0.157. The Morgan fingerprint density at radius 3 is 2.49 bits per heavy atom. The number of carbonyl (C=O) groups is 3. The summed E-state index contributed by atoms with van der Waals surface area (Å²) in [6.45, 7) is 2.16. The summed E-state index contributed by atoms with van der Waals surface area (Å²) < 4.78 is 11.9. The Morgan fingerprint density at radius 1 is 1.05 bits per heavy atom. The third-order valence-electron chi connectivity index (χ3n) is 5.22. The molecule has 3 aromatic rings. The standard InChI is InChI=1S/C27H22BrClN2O5S/c1-17-2-9-21(10-3-17)35-13-12-31-26(33)24(37-27(31)34)15-18-4-11-23(22(28)14-18)36-16-25(32)30-20-7-5-19(29)6-8-20/h2-11,14-15H,12-13,16H2,1H3,(H,30,32)/b24-15-. The Bertz CT molecular complexity index is 1350. The molecule has 10 heteroatoms. The molecule has 1 aliphatic heterocycles. The number of thioether (sulfide) groups is 1. The lowest BCUT2D eigenvalue weighted by atomic mass is 10.2. The summed E-state index contributed by atoms with van der Waals surface area (Å²) in [5.41, 5.74) is 2.43. The van der Waals surface area contributed by atoms with Gasteiger partial charge in [0.2, 0.25) is 0 Å². The molecule has 0 spiro atoms. The van der Waals surface area contributed by atoms with Crippen LogP contribution >= 0.6 is 39.3 Å². The van der Waals surface area contributed by atoms with E-state index in [1.807, 2.05) is 31.2 Å². The van der Waals surface area contributed by atoms with Crippen LogP contribution in [-0.4, -0.2) is 41.7 Å². The Labute approximate surface area is 231 Å². The summed E-state index contributed by atoms with van der Waals surface area (Å²) in [6.07, 6.45) is 1.65. The van der Waals surface area contributed by atoms with Crippen molar-refractivity contribution in [2.75, 3.05) is 25.1 Å². The summed E-state index contributed by atoms with van der Waals surface area (Å²) in [4.78, 5) is 38.8. The number of imide groups is 1. The second kappa shape index (κ2) is 12.3. The van der Waals surface area contributed by atoms with Gasteiger partial charge in [-0.1, -0.05) is 35.4 Å². The van der Waals surface area contributed by atoms with Gasteiger partial charge in [-0.05, 0) is 94.8 Å². The fraction of sp³-hybridized carbons (Fsp3) is 0.148. The van der Waals surface area contributed by atoms with Crippen LogP contribution in [-0.2, 0) is 9.59 Å². The molecular weight excluding hydrogens is 580 g/mol. The topological polar surface area (TPSA) is 84.9 Å². The SMILES string of the molecule is Cc1ccc(OCCN2C(=O)S/C(=C\c3ccc(OCC(=O)Nc4ccc(Cl)cc4)c(Br)c3)C2=O)cc1. The quantitative estimate of drug-likeness (QED) is 0.280. The number of anilines is 1. The van der Waals surface area contributed by atoms with Crippen molar-refractivity contribution in [2.45, 2.75) is 6.92 Å². The highest BCUT2D eigenvalue weighted by molar-refractivity contribution is 9.10. The van der Waals surface area contributed by atoms with Crippen LogP contribution in [0.1, 0.15) is 11.1 Å². The molecule has 0 bridgehead atoms. The van der Waals surface area contributed by atoms with Crippen molar-refractivity contribution in [1.82, 2.24) is 4.90 Å². The number of rotatable bonds is 9. The summed E-state index contributed by atoms with van der Waals surface area (Å²) in [6, 6.07) is 19.5. The predicted molar refractivity (Wildman–Crippen MR) is 149 cm³/mol. The van der Waals surface area contributed by atoms with Gasteiger partial charge in [0.15, 0.2) is 6.61 Å². The summed E-state index contributed by atoms with van der Waals surface area (Å²) in [5, 5.41) is 2.96. The van der Waals surface area contributed by atoms with Crippen LogP contribution in [0.25, 0.3) is 6.08 Å². The predicted octanol–water partition coefficient (Wildman–Crippen LogP) is 6.54. The number of hydrogen-bond donors (Lipinski definition) is 1. The third-order valence-corrected chi connectivity index (χ3v) is 7.00. The van der Waals surface area contributed by atoms with E-state index in [-0.39, 0.29) is 36.8 Å². The number of halogens is 2. The molecule has 0 unspecified atom stereocenters. The second-order valence-corrected chi connectivity index (χ2v) is 10.3. The maximum absolute atomic E-state index is 12.8. The molecule has 1 aliphatic rings. The van der Waals surface area contributed by atoms with Gasteiger partial charge >= 0.3 is 0 Å². The first kappa shape index (κ1) is 26.8. The fourth-order valence-electron chi connectivity index (χ4n) is 3.33. The van der Waals surface area contributed by atoms with Gasteiger partial charge in [0, 0.05) is 10.7 Å². The summed E-state index contributed by atoms with van der Waals surface area (Å²) in [7, 11) is 0. The van der Waals surface area contributed by atoms with Gasteiger partial charge < -0.3 is 14.8 Å². The number of ether oxygens (including phenoxy) is 2. The van der Waals surface area contributed by atoms with E-state index < -0.39 is 0 Å². The molecule has 190 valence electrons. The molecule has 1 fully saturated rings. The van der Waals surface area contributed by atoms with E-state index in [9.17, 15) is 14.4 Å². The van der Waals surface area contributed by atoms with Crippen LogP contribution in [0.2, 0.25) is 5.02 Å². The first-order valence-electron chi connectivity index (χ1n) is 11.2. The maximum atomic E-state index is 12.8. The number of benzene rings is 3.